The quantitative estimate of drug-likeness (QED) is 0.838. The molecule has 1 aromatic heterocycles. The molecule has 0 amide bonds. The molecule has 0 saturated heterocycles. The molecular weight excluding hydrogens is 208 g/mol. The van der Waals surface area contributed by atoms with Gasteiger partial charge in [-0.25, -0.2) is 0 Å². The van der Waals surface area contributed by atoms with Crippen molar-refractivity contribution in [3.63, 3.8) is 0 Å². The minimum atomic E-state index is -0.356. The van der Waals surface area contributed by atoms with Gasteiger partial charge in [0.2, 0.25) is 0 Å². The van der Waals surface area contributed by atoms with Crippen molar-refractivity contribution in [3.8, 4) is 0 Å². The van der Waals surface area contributed by atoms with E-state index in [1.54, 1.807) is 18.4 Å². The summed E-state index contributed by atoms with van der Waals surface area (Å²) in [4.78, 5) is 0. The molecule has 0 aliphatic rings. The topological polar surface area (TPSA) is 29.5 Å². The number of aryl methyl sites for hydroxylation is 1. The lowest BCUT2D eigenvalue weighted by molar-refractivity contribution is 0.00277. The van der Waals surface area contributed by atoms with Gasteiger partial charge in [0.15, 0.2) is 0 Å². The van der Waals surface area contributed by atoms with Crippen LogP contribution in [0.3, 0.4) is 0 Å². The molecule has 1 atom stereocenters. The van der Waals surface area contributed by atoms with Crippen LogP contribution < -0.4 is 0 Å². The molecule has 15 heavy (non-hydrogen) atoms. The maximum Gasteiger partial charge on any atom is 0.0801 e. The van der Waals surface area contributed by atoms with E-state index >= 15 is 0 Å². The molecule has 1 heterocycles. The summed E-state index contributed by atoms with van der Waals surface area (Å²) in [5.41, 5.74) is 2.10. The van der Waals surface area contributed by atoms with Crippen molar-refractivity contribution >= 4 is 11.3 Å². The van der Waals surface area contributed by atoms with Gasteiger partial charge in [-0.2, -0.15) is 11.3 Å². The molecule has 3 heteroatoms. The van der Waals surface area contributed by atoms with Crippen molar-refractivity contribution in [2.45, 2.75) is 45.3 Å². The number of aliphatic hydroxyl groups is 1. The molecule has 0 aliphatic heterocycles. The lowest BCUT2D eigenvalue weighted by atomic mass is 9.96. The van der Waals surface area contributed by atoms with Crippen molar-refractivity contribution in [1.82, 2.24) is 0 Å². The summed E-state index contributed by atoms with van der Waals surface area (Å²) < 4.78 is 5.33. The first-order chi connectivity index (χ1) is 6.96. The molecule has 0 aromatic carbocycles. The molecule has 0 radical (unpaired) electrons. The summed E-state index contributed by atoms with van der Waals surface area (Å²) in [5.74, 6) is 0. The van der Waals surface area contributed by atoms with E-state index in [-0.39, 0.29) is 11.7 Å². The largest absolute Gasteiger partial charge is 0.388 e. The molecule has 0 bridgehead atoms. The van der Waals surface area contributed by atoms with Gasteiger partial charge in [-0.15, -0.1) is 0 Å². The van der Waals surface area contributed by atoms with Crippen LogP contribution in [0.2, 0.25) is 0 Å². The van der Waals surface area contributed by atoms with Crippen molar-refractivity contribution in [2.75, 3.05) is 7.11 Å². The number of hydrogen-bond acceptors (Lipinski definition) is 3. The van der Waals surface area contributed by atoms with Crippen LogP contribution in [-0.4, -0.2) is 17.8 Å². The van der Waals surface area contributed by atoms with E-state index in [4.69, 9.17) is 4.74 Å². The predicted octanol–water partition coefficient (Wildman–Crippen LogP) is 3.30. The Morgan fingerprint density at radius 1 is 1.47 bits per heavy atom. The lowest BCUT2D eigenvalue weighted by Gasteiger charge is -2.24. The second-order valence-corrected chi connectivity index (χ2v) is 5.27. The Labute approximate surface area is 95.9 Å². The second kappa shape index (κ2) is 5.10. The van der Waals surface area contributed by atoms with E-state index in [1.807, 2.05) is 26.2 Å². The smallest absolute Gasteiger partial charge is 0.0801 e. The first kappa shape index (κ1) is 12.7. The minimum absolute atomic E-state index is 0.148. The van der Waals surface area contributed by atoms with E-state index in [2.05, 4.69) is 5.38 Å². The zero-order chi connectivity index (χ0) is 11.5. The third-order valence-corrected chi connectivity index (χ3v) is 3.71. The third-order valence-electron chi connectivity index (χ3n) is 2.83. The fraction of sp³-hybridized carbons (Fsp3) is 0.667. The highest BCUT2D eigenvalue weighted by Crippen LogP contribution is 2.28. The van der Waals surface area contributed by atoms with E-state index < -0.39 is 0 Å². The molecular formula is C12H20O2S. The SMILES string of the molecule is COC(C)(C)CCC(O)c1cscc1C. The highest BCUT2D eigenvalue weighted by molar-refractivity contribution is 7.08. The minimum Gasteiger partial charge on any atom is -0.388 e. The van der Waals surface area contributed by atoms with Crippen molar-refractivity contribution in [3.05, 3.63) is 21.9 Å². The van der Waals surface area contributed by atoms with Crippen LogP contribution in [0.1, 0.15) is 43.9 Å². The summed E-state index contributed by atoms with van der Waals surface area (Å²) in [6.07, 6.45) is 1.25. The Morgan fingerprint density at radius 3 is 2.60 bits per heavy atom. The predicted molar refractivity (Wildman–Crippen MR) is 64.3 cm³/mol. The molecule has 0 spiro atoms. The Morgan fingerprint density at radius 2 is 2.13 bits per heavy atom. The lowest BCUT2D eigenvalue weighted by Crippen LogP contribution is -2.23. The second-order valence-electron chi connectivity index (χ2n) is 4.53. The van der Waals surface area contributed by atoms with Gasteiger partial charge in [0, 0.05) is 7.11 Å². The molecule has 1 rings (SSSR count). The van der Waals surface area contributed by atoms with E-state index in [0.29, 0.717) is 0 Å². The number of aliphatic hydroxyl groups excluding tert-OH is 1. The molecule has 86 valence electrons. The van der Waals surface area contributed by atoms with Gasteiger partial charge in [0.1, 0.15) is 0 Å². The van der Waals surface area contributed by atoms with Gasteiger partial charge in [0.25, 0.3) is 0 Å². The summed E-state index contributed by atoms with van der Waals surface area (Å²) in [7, 11) is 1.71. The van der Waals surface area contributed by atoms with Crippen LogP contribution >= 0.6 is 11.3 Å². The summed E-state index contributed by atoms with van der Waals surface area (Å²) in [6, 6.07) is 0. The highest BCUT2D eigenvalue weighted by atomic mass is 32.1. The molecule has 1 aromatic rings. The van der Waals surface area contributed by atoms with Crippen molar-refractivity contribution < 1.29 is 9.84 Å². The zero-order valence-electron chi connectivity index (χ0n) is 9.91. The van der Waals surface area contributed by atoms with Crippen LogP contribution in [0.4, 0.5) is 0 Å². The van der Waals surface area contributed by atoms with Crippen LogP contribution in [0.5, 0.6) is 0 Å². The average molecular weight is 228 g/mol. The highest BCUT2D eigenvalue weighted by Gasteiger charge is 2.19. The van der Waals surface area contributed by atoms with E-state index in [9.17, 15) is 5.11 Å². The van der Waals surface area contributed by atoms with E-state index in [0.717, 1.165) is 18.4 Å². The molecule has 1 unspecified atom stereocenters. The number of methoxy groups -OCH3 is 1. The molecule has 2 nitrogen and oxygen atoms in total. The maximum absolute atomic E-state index is 10.0. The van der Waals surface area contributed by atoms with Crippen LogP contribution in [0.15, 0.2) is 10.8 Å². The van der Waals surface area contributed by atoms with Gasteiger partial charge in [0.05, 0.1) is 11.7 Å². The van der Waals surface area contributed by atoms with Crippen LogP contribution in [-0.2, 0) is 4.74 Å². The number of hydrogen-bond donors (Lipinski definition) is 1. The molecule has 0 aliphatic carbocycles. The van der Waals surface area contributed by atoms with Gasteiger partial charge >= 0.3 is 0 Å². The summed E-state index contributed by atoms with van der Waals surface area (Å²) in [5, 5.41) is 14.1. The molecule has 1 N–H and O–H groups in total. The third kappa shape index (κ3) is 3.59. The summed E-state index contributed by atoms with van der Waals surface area (Å²) >= 11 is 1.64. The number of ether oxygens (including phenoxy) is 1. The fourth-order valence-corrected chi connectivity index (χ4v) is 2.35. The molecule has 0 saturated carbocycles. The van der Waals surface area contributed by atoms with Gasteiger partial charge in [-0.1, -0.05) is 0 Å². The van der Waals surface area contributed by atoms with Crippen molar-refractivity contribution in [2.24, 2.45) is 0 Å². The molecule has 0 fully saturated rings. The standard InChI is InChI=1S/C12H20O2S/c1-9-7-15-8-10(9)11(13)5-6-12(2,3)14-4/h7-8,11,13H,5-6H2,1-4H3. The van der Waals surface area contributed by atoms with Crippen molar-refractivity contribution in [1.29, 1.82) is 0 Å². The first-order valence-electron chi connectivity index (χ1n) is 5.22. The Hall–Kier alpha value is -0.380. The zero-order valence-corrected chi connectivity index (χ0v) is 10.7. The Bertz CT molecular complexity index is 304. The Balaban J connectivity index is 2.50. The monoisotopic (exact) mass is 228 g/mol. The maximum atomic E-state index is 10.0. The van der Waals surface area contributed by atoms with Crippen LogP contribution in [0.25, 0.3) is 0 Å². The van der Waals surface area contributed by atoms with Gasteiger partial charge < -0.3 is 9.84 Å². The van der Waals surface area contributed by atoms with Gasteiger partial charge in [-0.05, 0) is 55.5 Å². The van der Waals surface area contributed by atoms with Gasteiger partial charge in [-0.3, -0.25) is 0 Å². The summed E-state index contributed by atoms with van der Waals surface area (Å²) in [6.45, 7) is 6.12. The average Bonchev–Trinajstić information content (AvgIpc) is 2.61. The Kier molecular flexibility index (Phi) is 4.32. The normalized spacial score (nSPS) is 14.2. The van der Waals surface area contributed by atoms with Crippen LogP contribution in [0, 0.1) is 6.92 Å². The fourth-order valence-electron chi connectivity index (χ4n) is 1.45. The number of thiophene rings is 1. The van der Waals surface area contributed by atoms with E-state index in [1.165, 1.54) is 5.56 Å². The number of rotatable bonds is 5. The first-order valence-corrected chi connectivity index (χ1v) is 6.16.